The Labute approximate surface area is 113 Å². The Kier molecular flexibility index (Phi) is 3.98. The van der Waals surface area contributed by atoms with Crippen molar-refractivity contribution in [3.63, 3.8) is 0 Å². The summed E-state index contributed by atoms with van der Waals surface area (Å²) in [5.74, 6) is -0.316. The number of hydrogen-bond acceptors (Lipinski definition) is 2. The molecule has 5 heteroatoms. The number of hydrogen-bond donors (Lipinski definition) is 2. The summed E-state index contributed by atoms with van der Waals surface area (Å²) in [4.78, 5) is 11.9. The SMILES string of the molecule is NC1CCC(C(=O)Nc2ccc(F)cc2I)C1. The molecule has 1 amide bonds. The van der Waals surface area contributed by atoms with Gasteiger partial charge in [-0.05, 0) is 60.1 Å². The molecule has 3 N–H and O–H groups in total. The highest BCUT2D eigenvalue weighted by atomic mass is 127. The van der Waals surface area contributed by atoms with E-state index in [1.165, 1.54) is 12.1 Å². The van der Waals surface area contributed by atoms with Gasteiger partial charge >= 0.3 is 0 Å². The van der Waals surface area contributed by atoms with E-state index >= 15 is 0 Å². The molecule has 2 unspecified atom stereocenters. The molecule has 1 aromatic rings. The molecule has 0 saturated heterocycles. The number of nitrogens with one attached hydrogen (secondary N) is 1. The second-order valence-corrected chi connectivity index (χ2v) is 5.55. The smallest absolute Gasteiger partial charge is 0.227 e. The van der Waals surface area contributed by atoms with E-state index in [2.05, 4.69) is 5.32 Å². The van der Waals surface area contributed by atoms with E-state index in [4.69, 9.17) is 5.73 Å². The summed E-state index contributed by atoms with van der Waals surface area (Å²) < 4.78 is 13.6. The first-order valence-corrected chi connectivity index (χ1v) is 6.65. The first kappa shape index (κ1) is 12.8. The zero-order valence-electron chi connectivity index (χ0n) is 9.25. The molecule has 2 rings (SSSR count). The van der Waals surface area contributed by atoms with Crippen molar-refractivity contribution in [2.24, 2.45) is 11.7 Å². The Morgan fingerprint density at radius 2 is 2.24 bits per heavy atom. The quantitative estimate of drug-likeness (QED) is 0.807. The lowest BCUT2D eigenvalue weighted by Crippen LogP contribution is -2.23. The molecule has 1 aliphatic carbocycles. The van der Waals surface area contributed by atoms with Gasteiger partial charge in [0.2, 0.25) is 5.91 Å². The van der Waals surface area contributed by atoms with Crippen molar-refractivity contribution < 1.29 is 9.18 Å². The van der Waals surface area contributed by atoms with Gasteiger partial charge in [0.05, 0.1) is 5.69 Å². The van der Waals surface area contributed by atoms with Crippen molar-refractivity contribution in [2.75, 3.05) is 5.32 Å². The van der Waals surface area contributed by atoms with Crippen molar-refractivity contribution in [1.29, 1.82) is 0 Å². The molecule has 1 saturated carbocycles. The number of carbonyl (C=O) groups excluding carboxylic acids is 1. The number of rotatable bonds is 2. The maximum atomic E-state index is 12.9. The van der Waals surface area contributed by atoms with Gasteiger partial charge in [-0.15, -0.1) is 0 Å². The topological polar surface area (TPSA) is 55.1 Å². The van der Waals surface area contributed by atoms with E-state index in [0.29, 0.717) is 9.26 Å². The third-order valence-corrected chi connectivity index (χ3v) is 3.93. The first-order chi connectivity index (χ1) is 8.06. The van der Waals surface area contributed by atoms with Gasteiger partial charge in [0.1, 0.15) is 5.82 Å². The second-order valence-electron chi connectivity index (χ2n) is 4.38. The lowest BCUT2D eigenvalue weighted by atomic mass is 10.1. The molecule has 17 heavy (non-hydrogen) atoms. The van der Waals surface area contributed by atoms with E-state index in [-0.39, 0.29) is 23.7 Å². The van der Waals surface area contributed by atoms with E-state index < -0.39 is 0 Å². The molecule has 1 aliphatic rings. The number of benzene rings is 1. The van der Waals surface area contributed by atoms with E-state index in [0.717, 1.165) is 19.3 Å². The van der Waals surface area contributed by atoms with E-state index in [1.54, 1.807) is 6.07 Å². The Hall–Kier alpha value is -0.690. The van der Waals surface area contributed by atoms with Crippen LogP contribution in [0, 0.1) is 15.3 Å². The van der Waals surface area contributed by atoms with Crippen LogP contribution in [0.15, 0.2) is 18.2 Å². The predicted octanol–water partition coefficient (Wildman–Crippen LogP) is 2.50. The summed E-state index contributed by atoms with van der Waals surface area (Å²) in [6, 6.07) is 4.47. The van der Waals surface area contributed by atoms with Crippen LogP contribution in [0.5, 0.6) is 0 Å². The molecule has 0 aromatic heterocycles. The van der Waals surface area contributed by atoms with Crippen molar-refractivity contribution in [3.8, 4) is 0 Å². The number of nitrogens with two attached hydrogens (primary N) is 1. The van der Waals surface area contributed by atoms with Gasteiger partial charge in [-0.2, -0.15) is 0 Å². The summed E-state index contributed by atoms with van der Waals surface area (Å²) in [6.07, 6.45) is 2.48. The lowest BCUT2D eigenvalue weighted by Gasteiger charge is -2.12. The van der Waals surface area contributed by atoms with Gasteiger partial charge in [0.15, 0.2) is 0 Å². The van der Waals surface area contributed by atoms with Crippen LogP contribution in [0.4, 0.5) is 10.1 Å². The van der Waals surface area contributed by atoms with Crippen LogP contribution in [0.2, 0.25) is 0 Å². The van der Waals surface area contributed by atoms with Crippen LogP contribution in [0.3, 0.4) is 0 Å². The van der Waals surface area contributed by atoms with Crippen LogP contribution in [-0.4, -0.2) is 11.9 Å². The van der Waals surface area contributed by atoms with Gasteiger partial charge in [-0.3, -0.25) is 4.79 Å². The molecule has 0 radical (unpaired) electrons. The highest BCUT2D eigenvalue weighted by molar-refractivity contribution is 14.1. The van der Waals surface area contributed by atoms with Crippen molar-refractivity contribution >= 4 is 34.2 Å². The fraction of sp³-hybridized carbons (Fsp3) is 0.417. The predicted molar refractivity (Wildman–Crippen MR) is 73.1 cm³/mol. The largest absolute Gasteiger partial charge is 0.328 e. The van der Waals surface area contributed by atoms with Crippen LogP contribution in [0.1, 0.15) is 19.3 Å². The Morgan fingerprint density at radius 1 is 1.47 bits per heavy atom. The van der Waals surface area contributed by atoms with Crippen molar-refractivity contribution in [3.05, 3.63) is 27.6 Å². The lowest BCUT2D eigenvalue weighted by molar-refractivity contribution is -0.119. The summed E-state index contributed by atoms with van der Waals surface area (Å²) in [7, 11) is 0. The summed E-state index contributed by atoms with van der Waals surface area (Å²) >= 11 is 2.01. The van der Waals surface area contributed by atoms with Gasteiger partial charge in [-0.1, -0.05) is 0 Å². The van der Waals surface area contributed by atoms with Crippen LogP contribution in [-0.2, 0) is 4.79 Å². The number of carbonyl (C=O) groups is 1. The molecule has 1 aromatic carbocycles. The fourth-order valence-corrected chi connectivity index (χ4v) is 2.69. The number of halogens is 2. The molecule has 0 heterocycles. The minimum absolute atomic E-state index is 0.00847. The maximum Gasteiger partial charge on any atom is 0.227 e. The molecule has 3 nitrogen and oxygen atoms in total. The third kappa shape index (κ3) is 3.16. The molecule has 1 fully saturated rings. The Morgan fingerprint density at radius 3 is 2.82 bits per heavy atom. The standard InChI is InChI=1S/C12H14FIN2O/c13-8-2-4-11(10(14)6-8)16-12(17)7-1-3-9(15)5-7/h2,4,6-7,9H,1,3,5,15H2,(H,16,17). The maximum absolute atomic E-state index is 12.9. The average molecular weight is 348 g/mol. The third-order valence-electron chi connectivity index (χ3n) is 3.03. The van der Waals surface area contributed by atoms with Crippen LogP contribution < -0.4 is 11.1 Å². The second kappa shape index (κ2) is 5.30. The summed E-state index contributed by atoms with van der Waals surface area (Å²) in [5.41, 5.74) is 6.44. The monoisotopic (exact) mass is 348 g/mol. The Balaban J connectivity index is 2.03. The highest BCUT2D eigenvalue weighted by Gasteiger charge is 2.27. The molecule has 2 atom stereocenters. The average Bonchev–Trinajstić information content (AvgIpc) is 2.69. The van der Waals surface area contributed by atoms with Gasteiger partial charge < -0.3 is 11.1 Å². The first-order valence-electron chi connectivity index (χ1n) is 5.58. The van der Waals surface area contributed by atoms with Crippen LogP contribution >= 0.6 is 22.6 Å². The molecule has 0 aliphatic heterocycles. The fourth-order valence-electron chi connectivity index (χ4n) is 2.08. The molecule has 92 valence electrons. The van der Waals surface area contributed by atoms with Gasteiger partial charge in [-0.25, -0.2) is 4.39 Å². The minimum Gasteiger partial charge on any atom is -0.328 e. The van der Waals surface area contributed by atoms with Gasteiger partial charge in [0, 0.05) is 15.5 Å². The summed E-state index contributed by atoms with van der Waals surface area (Å²) in [6.45, 7) is 0. The van der Waals surface area contributed by atoms with Gasteiger partial charge in [0.25, 0.3) is 0 Å². The zero-order chi connectivity index (χ0) is 12.4. The van der Waals surface area contributed by atoms with E-state index in [1.807, 2.05) is 22.6 Å². The molecular weight excluding hydrogens is 334 g/mol. The normalized spacial score (nSPS) is 23.7. The Bertz CT molecular complexity index is 439. The molecule has 0 bridgehead atoms. The van der Waals surface area contributed by atoms with Crippen LogP contribution in [0.25, 0.3) is 0 Å². The number of amides is 1. The molecule has 0 spiro atoms. The number of anilines is 1. The van der Waals surface area contributed by atoms with E-state index in [9.17, 15) is 9.18 Å². The molecular formula is C12H14FIN2O. The minimum atomic E-state index is -0.296. The highest BCUT2D eigenvalue weighted by Crippen LogP contribution is 2.26. The van der Waals surface area contributed by atoms with Crippen molar-refractivity contribution in [2.45, 2.75) is 25.3 Å². The van der Waals surface area contributed by atoms with Crippen molar-refractivity contribution in [1.82, 2.24) is 0 Å². The summed E-state index contributed by atoms with van der Waals surface area (Å²) in [5, 5.41) is 2.83. The zero-order valence-corrected chi connectivity index (χ0v) is 11.4.